The number of hydrogen-bond donors (Lipinski definition) is 1. The van der Waals surface area contributed by atoms with Gasteiger partial charge >= 0.3 is 0 Å². The first-order valence-electron chi connectivity index (χ1n) is 7.86. The van der Waals surface area contributed by atoms with Gasteiger partial charge in [-0.2, -0.15) is 0 Å². The van der Waals surface area contributed by atoms with Gasteiger partial charge in [0.2, 0.25) is 0 Å². The van der Waals surface area contributed by atoms with E-state index < -0.39 is 4.65 Å². The molecule has 0 aliphatic carbocycles. The lowest BCUT2D eigenvalue weighted by atomic mass is 10.1. The van der Waals surface area contributed by atoms with Crippen LogP contribution in [-0.4, -0.2) is 46.7 Å². The van der Waals surface area contributed by atoms with E-state index in [-0.39, 0.29) is 5.43 Å². The number of hydroxylamine groups is 3. The summed E-state index contributed by atoms with van der Waals surface area (Å²) in [6, 6.07) is 9.18. The van der Waals surface area contributed by atoms with Crippen LogP contribution in [0, 0.1) is 5.21 Å². The van der Waals surface area contributed by atoms with Gasteiger partial charge in [-0.3, -0.25) is 4.79 Å². The number of likely N-dealkylation sites (N-methyl/N-ethyl adjacent to an activating group) is 1. The maximum atomic E-state index is 13.1. The fourth-order valence-corrected chi connectivity index (χ4v) is 3.39. The van der Waals surface area contributed by atoms with Crippen molar-refractivity contribution < 1.29 is 4.65 Å². The molecule has 4 rings (SSSR count). The van der Waals surface area contributed by atoms with Crippen LogP contribution in [0.3, 0.4) is 0 Å². The summed E-state index contributed by atoms with van der Waals surface area (Å²) in [6.45, 7) is 0.862. The van der Waals surface area contributed by atoms with Crippen LogP contribution in [0.15, 0.2) is 39.6 Å². The lowest BCUT2D eigenvalue weighted by molar-refractivity contribution is -0.838. The SMILES string of the molecule is C[N+](C)([O-])CCNc1ccc2nnn3c4ccc(Br)cc4c(=O)c1c23. The molecular weight excluding hydrogens is 386 g/mol. The average molecular weight is 402 g/mol. The molecule has 0 saturated heterocycles. The predicted molar refractivity (Wildman–Crippen MR) is 102 cm³/mol. The second kappa shape index (κ2) is 5.62. The molecule has 2 heterocycles. The van der Waals surface area contributed by atoms with Crippen molar-refractivity contribution in [2.45, 2.75) is 0 Å². The first kappa shape index (κ1) is 16.2. The number of quaternary nitrogens is 1. The predicted octanol–water partition coefficient (Wildman–Crippen LogP) is 2.58. The van der Waals surface area contributed by atoms with Crippen molar-refractivity contribution in [2.24, 2.45) is 0 Å². The lowest BCUT2D eigenvalue weighted by Crippen LogP contribution is -2.36. The second-order valence-electron chi connectivity index (χ2n) is 6.57. The van der Waals surface area contributed by atoms with Gasteiger partial charge in [-0.05, 0) is 30.3 Å². The van der Waals surface area contributed by atoms with E-state index in [4.69, 9.17) is 0 Å². The molecule has 7 nitrogen and oxygen atoms in total. The third kappa shape index (κ3) is 2.72. The maximum Gasteiger partial charge on any atom is 0.199 e. The van der Waals surface area contributed by atoms with Crippen LogP contribution < -0.4 is 10.7 Å². The van der Waals surface area contributed by atoms with Crippen LogP contribution in [0.2, 0.25) is 0 Å². The molecule has 8 heteroatoms. The molecule has 0 spiro atoms. The van der Waals surface area contributed by atoms with Gasteiger partial charge in [0.1, 0.15) is 11.0 Å². The highest BCUT2D eigenvalue weighted by Crippen LogP contribution is 2.28. The summed E-state index contributed by atoms with van der Waals surface area (Å²) in [5.74, 6) is 0. The number of halogens is 1. The van der Waals surface area contributed by atoms with E-state index in [1.54, 1.807) is 24.7 Å². The molecule has 1 N–H and O–H groups in total. The Balaban J connectivity index is 1.96. The van der Waals surface area contributed by atoms with Crippen molar-refractivity contribution in [2.75, 3.05) is 32.5 Å². The largest absolute Gasteiger partial charge is 0.633 e. The highest BCUT2D eigenvalue weighted by Gasteiger charge is 2.17. The Bertz CT molecular complexity index is 1150. The second-order valence-corrected chi connectivity index (χ2v) is 7.49. The summed E-state index contributed by atoms with van der Waals surface area (Å²) in [5.41, 5.74) is 2.70. The summed E-state index contributed by atoms with van der Waals surface area (Å²) in [6.07, 6.45) is 0. The van der Waals surface area contributed by atoms with E-state index >= 15 is 0 Å². The summed E-state index contributed by atoms with van der Waals surface area (Å²) in [5, 5.41) is 24.5. The highest BCUT2D eigenvalue weighted by molar-refractivity contribution is 9.10. The Morgan fingerprint density at radius 2 is 2.08 bits per heavy atom. The van der Waals surface area contributed by atoms with Crippen LogP contribution in [0.4, 0.5) is 5.69 Å². The normalized spacial score (nSPS) is 12.5. The summed E-state index contributed by atoms with van der Waals surface area (Å²) in [4.78, 5) is 13.1. The first-order chi connectivity index (χ1) is 11.8. The van der Waals surface area contributed by atoms with Crippen molar-refractivity contribution in [3.8, 4) is 0 Å². The number of pyridine rings is 1. The number of nitrogens with zero attached hydrogens (tertiary/aromatic N) is 4. The summed E-state index contributed by atoms with van der Waals surface area (Å²) < 4.78 is 2.13. The molecular formula is C17H16BrN5O2. The quantitative estimate of drug-likeness (QED) is 0.322. The molecule has 0 unspecified atom stereocenters. The van der Waals surface area contributed by atoms with Crippen LogP contribution in [-0.2, 0) is 0 Å². The molecule has 0 atom stereocenters. The van der Waals surface area contributed by atoms with Crippen LogP contribution in [0.1, 0.15) is 0 Å². The minimum Gasteiger partial charge on any atom is -0.633 e. The first-order valence-corrected chi connectivity index (χ1v) is 8.65. The number of hydrogen-bond acceptors (Lipinski definition) is 5. The molecule has 0 radical (unpaired) electrons. The minimum atomic E-state index is -0.395. The number of nitrogens with one attached hydrogen (secondary N) is 1. The van der Waals surface area contributed by atoms with Crippen molar-refractivity contribution in [1.82, 2.24) is 14.8 Å². The molecule has 2 aromatic heterocycles. The summed E-state index contributed by atoms with van der Waals surface area (Å²) >= 11 is 3.42. The van der Waals surface area contributed by atoms with E-state index in [0.717, 1.165) is 9.99 Å². The zero-order valence-corrected chi connectivity index (χ0v) is 15.4. The molecule has 0 bridgehead atoms. The van der Waals surface area contributed by atoms with Crippen molar-refractivity contribution >= 4 is 48.9 Å². The molecule has 0 amide bonds. The fourth-order valence-electron chi connectivity index (χ4n) is 3.03. The van der Waals surface area contributed by atoms with Gasteiger partial charge in [0, 0.05) is 15.5 Å². The maximum absolute atomic E-state index is 13.1. The Hall–Kier alpha value is -2.29. The number of aromatic nitrogens is 3. The van der Waals surface area contributed by atoms with Crippen LogP contribution in [0.25, 0.3) is 27.3 Å². The number of rotatable bonds is 4. The average Bonchev–Trinajstić information content (AvgIpc) is 2.96. The van der Waals surface area contributed by atoms with E-state index in [1.807, 2.05) is 24.3 Å². The zero-order valence-electron chi connectivity index (χ0n) is 13.8. The highest BCUT2D eigenvalue weighted by atomic mass is 79.9. The van der Waals surface area contributed by atoms with Gasteiger partial charge < -0.3 is 15.2 Å². The number of fused-ring (bicyclic) bond motifs is 2. The fraction of sp³-hybridized carbons (Fsp3) is 0.235. The zero-order chi connectivity index (χ0) is 17.8. The summed E-state index contributed by atoms with van der Waals surface area (Å²) in [7, 11) is 3.18. The Labute approximate surface area is 151 Å². The third-order valence-electron chi connectivity index (χ3n) is 4.23. The van der Waals surface area contributed by atoms with Crippen molar-refractivity contribution in [3.63, 3.8) is 0 Å². The topological polar surface area (TPSA) is 82.3 Å². The van der Waals surface area contributed by atoms with E-state index in [9.17, 15) is 10.0 Å². The van der Waals surface area contributed by atoms with E-state index in [0.29, 0.717) is 40.6 Å². The van der Waals surface area contributed by atoms with Gasteiger partial charge in [0.15, 0.2) is 5.43 Å². The van der Waals surface area contributed by atoms with E-state index in [1.165, 1.54) is 0 Å². The third-order valence-corrected chi connectivity index (χ3v) is 4.73. The molecule has 0 fully saturated rings. The monoisotopic (exact) mass is 401 g/mol. The van der Waals surface area contributed by atoms with Crippen LogP contribution >= 0.6 is 15.9 Å². The molecule has 2 aromatic carbocycles. The molecule has 25 heavy (non-hydrogen) atoms. The molecule has 0 aliphatic rings. The lowest BCUT2D eigenvalue weighted by Gasteiger charge is -2.33. The molecule has 4 aromatic rings. The van der Waals surface area contributed by atoms with Gasteiger partial charge in [0.25, 0.3) is 0 Å². The molecule has 0 aliphatic heterocycles. The smallest absolute Gasteiger partial charge is 0.199 e. The molecule has 128 valence electrons. The van der Waals surface area contributed by atoms with Gasteiger partial charge in [-0.1, -0.05) is 21.1 Å². The van der Waals surface area contributed by atoms with E-state index in [2.05, 4.69) is 31.6 Å². The van der Waals surface area contributed by atoms with Crippen LogP contribution in [0.5, 0.6) is 0 Å². The standard InChI is InChI=1S/C17H16BrN5O2/c1-23(2,25)8-7-19-12-4-5-13-16-15(12)17(24)11-9-10(18)3-6-14(11)22(16)21-20-13/h3-6,9,19H,7-8H2,1-2H3. The Kier molecular flexibility index (Phi) is 3.64. The number of benzene rings is 2. The minimum absolute atomic E-state index is 0.0740. The van der Waals surface area contributed by atoms with Crippen molar-refractivity contribution in [3.05, 3.63) is 50.2 Å². The van der Waals surface area contributed by atoms with Gasteiger partial charge in [-0.15, -0.1) is 5.10 Å². The van der Waals surface area contributed by atoms with Gasteiger partial charge in [0.05, 0.1) is 38.1 Å². The van der Waals surface area contributed by atoms with Gasteiger partial charge in [-0.25, -0.2) is 4.52 Å². The van der Waals surface area contributed by atoms with Crippen molar-refractivity contribution in [1.29, 1.82) is 0 Å². The number of anilines is 1. The Morgan fingerprint density at radius 3 is 2.84 bits per heavy atom. The molecule has 0 saturated carbocycles. The Morgan fingerprint density at radius 1 is 1.28 bits per heavy atom.